The van der Waals surface area contributed by atoms with Crippen LogP contribution in [0, 0.1) is 11.8 Å². The fourth-order valence-electron chi connectivity index (χ4n) is 2.59. The normalized spacial score (nSPS) is 12.5. The number of carboxylic acids is 1. The molecule has 152 valence electrons. The topological polar surface area (TPSA) is 148 Å². The summed E-state index contributed by atoms with van der Waals surface area (Å²) in [6.07, 6.45) is 0. The van der Waals surface area contributed by atoms with Crippen LogP contribution < -0.4 is 10.6 Å². The highest BCUT2D eigenvalue weighted by molar-refractivity contribution is 6.04. The molecule has 0 fully saturated rings. The van der Waals surface area contributed by atoms with E-state index in [1.54, 1.807) is 6.07 Å². The molecule has 0 heterocycles. The Hall–Kier alpha value is -3.43. The molecule has 0 aliphatic carbocycles. The molecule has 1 rings (SSSR count). The molecule has 1 aromatic carbocycles. The van der Waals surface area contributed by atoms with Gasteiger partial charge in [-0.15, -0.1) is 0 Å². The number of rotatable bonds is 8. The fourth-order valence-corrected chi connectivity index (χ4v) is 2.59. The fraction of sp³-hybridized carbons (Fsp3) is 0.389. The maximum atomic E-state index is 12.6. The summed E-state index contributed by atoms with van der Waals surface area (Å²) in [4.78, 5) is 59.5. The number of carbonyl (C=O) groups is 5. The number of esters is 2. The largest absolute Gasteiger partial charge is 0.480 e. The van der Waals surface area contributed by atoms with Crippen molar-refractivity contribution in [1.29, 1.82) is 0 Å². The zero-order valence-electron chi connectivity index (χ0n) is 15.8. The Morgan fingerprint density at radius 2 is 1.54 bits per heavy atom. The zero-order chi connectivity index (χ0) is 21.4. The third-order valence-corrected chi connectivity index (χ3v) is 4.00. The number of anilines is 1. The number of aliphatic carboxylic acids is 1. The lowest BCUT2D eigenvalue weighted by molar-refractivity contribution is -0.162. The first-order chi connectivity index (χ1) is 13.1. The Morgan fingerprint density at radius 1 is 1.00 bits per heavy atom. The molecular formula is C18H22N2O8. The highest BCUT2D eigenvalue weighted by Gasteiger charge is 2.42. The van der Waals surface area contributed by atoms with Gasteiger partial charge in [0.25, 0.3) is 5.91 Å². The second-order valence-electron chi connectivity index (χ2n) is 5.90. The van der Waals surface area contributed by atoms with Crippen LogP contribution in [0.25, 0.3) is 0 Å². The van der Waals surface area contributed by atoms with Crippen LogP contribution in [0.15, 0.2) is 24.3 Å². The average molecular weight is 394 g/mol. The molecule has 28 heavy (non-hydrogen) atoms. The minimum Gasteiger partial charge on any atom is -0.480 e. The van der Waals surface area contributed by atoms with E-state index in [2.05, 4.69) is 20.1 Å². The Labute approximate surface area is 161 Å². The lowest BCUT2D eigenvalue weighted by Gasteiger charge is -2.26. The molecule has 3 N–H and O–H groups in total. The van der Waals surface area contributed by atoms with E-state index in [0.717, 1.165) is 14.2 Å². The maximum absolute atomic E-state index is 12.6. The minimum absolute atomic E-state index is 0.0174. The minimum atomic E-state index is -1.61. The van der Waals surface area contributed by atoms with Gasteiger partial charge in [0, 0.05) is 12.8 Å². The molecule has 0 aromatic heterocycles. The SMILES string of the molecule is COC(=O)C(C(=O)OC)[C@H](C)[C@@H](NC(=O)c1ccccc1NC(C)=O)C(=O)O. The molecule has 0 unspecified atom stereocenters. The molecule has 0 bridgehead atoms. The van der Waals surface area contributed by atoms with Crippen molar-refractivity contribution >= 4 is 35.4 Å². The van der Waals surface area contributed by atoms with Crippen LogP contribution in [0.3, 0.4) is 0 Å². The number of carbonyl (C=O) groups excluding carboxylic acids is 4. The van der Waals surface area contributed by atoms with Gasteiger partial charge < -0.3 is 25.2 Å². The summed E-state index contributed by atoms with van der Waals surface area (Å²) in [5.41, 5.74) is 0.200. The highest BCUT2D eigenvalue weighted by atomic mass is 16.5. The van der Waals surface area contributed by atoms with Crippen molar-refractivity contribution in [2.75, 3.05) is 19.5 Å². The maximum Gasteiger partial charge on any atom is 0.326 e. The van der Waals surface area contributed by atoms with E-state index in [1.165, 1.54) is 32.0 Å². The van der Waals surface area contributed by atoms with Gasteiger partial charge in [-0.1, -0.05) is 19.1 Å². The van der Waals surface area contributed by atoms with E-state index < -0.39 is 47.6 Å². The first kappa shape index (κ1) is 22.6. The van der Waals surface area contributed by atoms with E-state index in [9.17, 15) is 29.1 Å². The van der Waals surface area contributed by atoms with Crippen LogP contribution in [0.1, 0.15) is 24.2 Å². The summed E-state index contributed by atoms with van der Waals surface area (Å²) >= 11 is 0. The molecule has 0 aliphatic heterocycles. The van der Waals surface area contributed by atoms with E-state index in [0.29, 0.717) is 0 Å². The van der Waals surface area contributed by atoms with Gasteiger partial charge in [0.05, 0.1) is 25.5 Å². The smallest absolute Gasteiger partial charge is 0.326 e. The summed E-state index contributed by atoms with van der Waals surface area (Å²) in [5.74, 6) is -7.40. The Bertz CT molecular complexity index is 761. The van der Waals surface area contributed by atoms with E-state index in [4.69, 9.17) is 0 Å². The van der Waals surface area contributed by atoms with Crippen LogP contribution >= 0.6 is 0 Å². The summed E-state index contributed by atoms with van der Waals surface area (Å²) in [7, 11) is 2.09. The van der Waals surface area contributed by atoms with Gasteiger partial charge >= 0.3 is 17.9 Å². The van der Waals surface area contributed by atoms with Crippen molar-refractivity contribution in [1.82, 2.24) is 5.32 Å². The second-order valence-corrected chi connectivity index (χ2v) is 5.90. The third kappa shape index (κ3) is 5.53. The number of nitrogens with one attached hydrogen (secondary N) is 2. The van der Waals surface area contributed by atoms with Gasteiger partial charge in [0.15, 0.2) is 5.92 Å². The van der Waals surface area contributed by atoms with Gasteiger partial charge in [0.1, 0.15) is 6.04 Å². The number of benzene rings is 1. The number of ether oxygens (including phenoxy) is 2. The molecule has 0 spiro atoms. The summed E-state index contributed by atoms with van der Waals surface area (Å²) in [6.45, 7) is 2.56. The summed E-state index contributed by atoms with van der Waals surface area (Å²) in [6, 6.07) is 4.37. The van der Waals surface area contributed by atoms with Gasteiger partial charge in [0.2, 0.25) is 5.91 Å². The molecule has 0 aliphatic rings. The molecule has 0 saturated carbocycles. The second kappa shape index (κ2) is 10.0. The predicted molar refractivity (Wildman–Crippen MR) is 96.3 cm³/mol. The van der Waals surface area contributed by atoms with Crippen molar-refractivity contribution in [3.63, 3.8) is 0 Å². The zero-order valence-corrected chi connectivity index (χ0v) is 15.8. The van der Waals surface area contributed by atoms with Crippen LogP contribution in [-0.2, 0) is 28.7 Å². The van der Waals surface area contributed by atoms with Gasteiger partial charge in [-0.05, 0) is 12.1 Å². The molecular weight excluding hydrogens is 372 g/mol. The molecule has 0 radical (unpaired) electrons. The molecule has 2 amide bonds. The lowest BCUT2D eigenvalue weighted by Crippen LogP contribution is -2.50. The van der Waals surface area contributed by atoms with Gasteiger partial charge in [-0.2, -0.15) is 0 Å². The lowest BCUT2D eigenvalue weighted by atomic mass is 9.87. The number of para-hydroxylation sites is 1. The Morgan fingerprint density at radius 3 is 2.00 bits per heavy atom. The van der Waals surface area contributed by atoms with Crippen molar-refractivity contribution in [3.8, 4) is 0 Å². The average Bonchev–Trinajstić information content (AvgIpc) is 2.65. The van der Waals surface area contributed by atoms with Crippen molar-refractivity contribution in [2.24, 2.45) is 11.8 Å². The number of hydrogen-bond donors (Lipinski definition) is 3. The van der Waals surface area contributed by atoms with Crippen molar-refractivity contribution in [3.05, 3.63) is 29.8 Å². The standard InChI is InChI=1S/C18H22N2O8/c1-9(13(17(25)27-3)18(26)28-4)14(16(23)24)20-15(22)11-7-5-6-8-12(11)19-10(2)21/h5-9,13-14H,1-4H3,(H,19,21)(H,20,22)(H,23,24)/t9-,14+/m0/s1. The van der Waals surface area contributed by atoms with Gasteiger partial charge in [-0.3, -0.25) is 19.2 Å². The van der Waals surface area contributed by atoms with Crippen molar-refractivity contribution < 1.29 is 38.6 Å². The van der Waals surface area contributed by atoms with E-state index in [-0.39, 0.29) is 11.3 Å². The highest BCUT2D eigenvalue weighted by Crippen LogP contribution is 2.21. The van der Waals surface area contributed by atoms with Crippen LogP contribution in [0.5, 0.6) is 0 Å². The first-order valence-corrected chi connectivity index (χ1v) is 8.20. The molecule has 1 aromatic rings. The molecule has 2 atom stereocenters. The number of amides is 2. The van der Waals surface area contributed by atoms with E-state index in [1.807, 2.05) is 0 Å². The van der Waals surface area contributed by atoms with Crippen LogP contribution in [-0.4, -0.2) is 55.1 Å². The third-order valence-electron chi connectivity index (χ3n) is 4.00. The molecule has 0 saturated heterocycles. The number of carboxylic acid groups (broad SMARTS) is 1. The Kier molecular flexibility index (Phi) is 8.11. The predicted octanol–water partition coefficient (Wildman–Crippen LogP) is 0.426. The summed E-state index contributed by atoms with van der Waals surface area (Å²) in [5, 5.41) is 14.3. The van der Waals surface area contributed by atoms with Gasteiger partial charge in [-0.25, -0.2) is 4.79 Å². The van der Waals surface area contributed by atoms with Crippen LogP contribution in [0.2, 0.25) is 0 Å². The Balaban J connectivity index is 3.18. The van der Waals surface area contributed by atoms with Crippen LogP contribution in [0.4, 0.5) is 5.69 Å². The number of hydrogen-bond acceptors (Lipinski definition) is 7. The molecule has 10 nitrogen and oxygen atoms in total. The first-order valence-electron chi connectivity index (χ1n) is 8.20. The summed E-state index contributed by atoms with van der Waals surface area (Å²) < 4.78 is 9.09. The number of methoxy groups -OCH3 is 2. The molecule has 10 heteroatoms. The van der Waals surface area contributed by atoms with Crippen molar-refractivity contribution in [2.45, 2.75) is 19.9 Å². The monoisotopic (exact) mass is 394 g/mol. The quantitative estimate of drug-likeness (QED) is 0.424. The van der Waals surface area contributed by atoms with E-state index >= 15 is 0 Å².